The molecule has 1 aliphatic rings. The molecule has 15 heavy (non-hydrogen) atoms. The Balaban J connectivity index is 2.12. The van der Waals surface area contributed by atoms with Crippen LogP contribution in [0.5, 0.6) is 0 Å². The lowest BCUT2D eigenvalue weighted by Gasteiger charge is -2.08. The molecule has 2 heteroatoms. The molecule has 0 aromatic heterocycles. The number of hydrogen-bond acceptors (Lipinski definition) is 2. The molecule has 1 saturated carbocycles. The number of Topliss-reactive ketones (excluding diaryl/α,β-unsaturated/α-hetero) is 1. The van der Waals surface area contributed by atoms with Gasteiger partial charge in [0.2, 0.25) is 0 Å². The number of hydrogen-bond donors (Lipinski definition) is 0. The van der Waals surface area contributed by atoms with Crippen molar-refractivity contribution in [2.45, 2.75) is 30.9 Å². The van der Waals surface area contributed by atoms with Crippen LogP contribution in [0.15, 0.2) is 24.3 Å². The molecule has 1 fully saturated rings. The quantitative estimate of drug-likeness (QED) is 0.776. The van der Waals surface area contributed by atoms with E-state index in [9.17, 15) is 4.79 Å². The minimum absolute atomic E-state index is 0.188. The van der Waals surface area contributed by atoms with Crippen molar-refractivity contribution in [1.82, 2.24) is 0 Å². The molecule has 1 aromatic rings. The van der Waals surface area contributed by atoms with E-state index < -0.39 is 0 Å². The summed E-state index contributed by atoms with van der Waals surface area (Å²) < 4.78 is 0. The molecule has 0 heterocycles. The highest BCUT2D eigenvalue weighted by Gasteiger charge is 2.25. The zero-order valence-corrected chi connectivity index (χ0v) is 9.85. The van der Waals surface area contributed by atoms with Crippen LogP contribution >= 0.6 is 11.8 Å². The maximum atomic E-state index is 11.6. The molecule has 0 bridgehead atoms. The Hall–Kier alpha value is -0.760. The number of ketones is 1. The molecule has 0 amide bonds. The van der Waals surface area contributed by atoms with E-state index in [1.54, 1.807) is 0 Å². The second kappa shape index (κ2) is 4.84. The van der Waals surface area contributed by atoms with Crippen LogP contribution in [0.2, 0.25) is 0 Å². The Bertz CT molecular complexity index is 342. The molecule has 1 aromatic carbocycles. The first-order valence-electron chi connectivity index (χ1n) is 5.42. The summed E-state index contributed by atoms with van der Waals surface area (Å²) in [6.45, 7) is 0. The van der Waals surface area contributed by atoms with Gasteiger partial charge in [0.25, 0.3) is 0 Å². The van der Waals surface area contributed by atoms with Gasteiger partial charge in [-0.1, -0.05) is 24.3 Å². The van der Waals surface area contributed by atoms with E-state index >= 15 is 0 Å². The van der Waals surface area contributed by atoms with Crippen LogP contribution in [-0.2, 0) is 10.5 Å². The fourth-order valence-electron chi connectivity index (χ4n) is 2.18. The van der Waals surface area contributed by atoms with E-state index in [0.29, 0.717) is 5.78 Å². The highest BCUT2D eigenvalue weighted by atomic mass is 32.2. The van der Waals surface area contributed by atoms with Gasteiger partial charge in [0.15, 0.2) is 0 Å². The first kappa shape index (κ1) is 10.7. The average molecular weight is 220 g/mol. The van der Waals surface area contributed by atoms with Crippen LogP contribution in [0.25, 0.3) is 0 Å². The number of rotatable bonds is 3. The third kappa shape index (κ3) is 2.43. The molecule has 0 radical (unpaired) electrons. The second-order valence-electron chi connectivity index (χ2n) is 4.09. The third-order valence-corrected chi connectivity index (χ3v) is 3.62. The molecule has 0 saturated heterocycles. The fourth-order valence-corrected chi connectivity index (χ4v) is 2.71. The minimum Gasteiger partial charge on any atom is -0.299 e. The summed E-state index contributed by atoms with van der Waals surface area (Å²) in [7, 11) is 0. The molecule has 1 atom stereocenters. The van der Waals surface area contributed by atoms with E-state index in [0.717, 1.165) is 25.0 Å². The summed E-state index contributed by atoms with van der Waals surface area (Å²) >= 11 is 1.83. The van der Waals surface area contributed by atoms with Crippen LogP contribution < -0.4 is 0 Å². The normalized spacial score (nSPS) is 20.9. The molecule has 0 spiro atoms. The van der Waals surface area contributed by atoms with Gasteiger partial charge < -0.3 is 0 Å². The Morgan fingerprint density at radius 3 is 2.60 bits per heavy atom. The van der Waals surface area contributed by atoms with Crippen molar-refractivity contribution < 1.29 is 4.79 Å². The summed E-state index contributed by atoms with van der Waals surface area (Å²) in [5.41, 5.74) is 2.55. The number of thioether (sulfide) groups is 1. The molecule has 1 aliphatic carbocycles. The first-order chi connectivity index (χ1) is 7.31. The van der Waals surface area contributed by atoms with Crippen LogP contribution in [0.3, 0.4) is 0 Å². The Morgan fingerprint density at radius 1 is 1.33 bits per heavy atom. The lowest BCUT2D eigenvalue weighted by Crippen LogP contribution is -2.03. The summed E-state index contributed by atoms with van der Waals surface area (Å²) in [5, 5.41) is 0. The molecule has 0 aliphatic heterocycles. The van der Waals surface area contributed by atoms with Crippen molar-refractivity contribution in [3.8, 4) is 0 Å². The number of carbonyl (C=O) groups is 1. The molecule has 2 rings (SSSR count). The summed E-state index contributed by atoms with van der Waals surface area (Å²) in [5.74, 6) is 1.67. The Labute approximate surface area is 95.3 Å². The standard InChI is InChI=1S/C13H16OS/c1-15-9-10-5-7-11(8-6-10)12-3-2-4-13(12)14/h5-8,12H,2-4,9H2,1H3. The van der Waals surface area contributed by atoms with Gasteiger partial charge in [-0.2, -0.15) is 11.8 Å². The Kier molecular flexibility index (Phi) is 3.47. The van der Waals surface area contributed by atoms with E-state index in [1.165, 1.54) is 11.1 Å². The van der Waals surface area contributed by atoms with Crippen molar-refractivity contribution in [2.75, 3.05) is 6.26 Å². The lowest BCUT2D eigenvalue weighted by atomic mass is 9.96. The zero-order chi connectivity index (χ0) is 10.7. The Morgan fingerprint density at radius 2 is 2.07 bits per heavy atom. The van der Waals surface area contributed by atoms with Crippen LogP contribution in [0.4, 0.5) is 0 Å². The van der Waals surface area contributed by atoms with Gasteiger partial charge >= 0.3 is 0 Å². The molecular weight excluding hydrogens is 204 g/mol. The number of benzene rings is 1. The van der Waals surface area contributed by atoms with Gasteiger partial charge in [-0.3, -0.25) is 4.79 Å². The highest BCUT2D eigenvalue weighted by molar-refractivity contribution is 7.97. The van der Waals surface area contributed by atoms with Gasteiger partial charge in [-0.15, -0.1) is 0 Å². The predicted molar refractivity (Wildman–Crippen MR) is 65.3 cm³/mol. The number of carbonyl (C=O) groups excluding carboxylic acids is 1. The summed E-state index contributed by atoms with van der Waals surface area (Å²) in [6.07, 6.45) is 4.99. The van der Waals surface area contributed by atoms with Gasteiger partial charge in [0.1, 0.15) is 5.78 Å². The van der Waals surface area contributed by atoms with Crippen LogP contribution in [-0.4, -0.2) is 12.0 Å². The summed E-state index contributed by atoms with van der Waals surface area (Å²) in [6, 6.07) is 8.55. The van der Waals surface area contributed by atoms with Gasteiger partial charge in [-0.05, 0) is 30.2 Å². The lowest BCUT2D eigenvalue weighted by molar-refractivity contribution is -0.118. The third-order valence-electron chi connectivity index (χ3n) is 3.00. The molecular formula is C13H16OS. The fraction of sp³-hybridized carbons (Fsp3) is 0.462. The first-order valence-corrected chi connectivity index (χ1v) is 6.81. The molecule has 1 unspecified atom stereocenters. The predicted octanol–water partition coefficient (Wildman–Crippen LogP) is 3.39. The van der Waals surface area contributed by atoms with Crippen molar-refractivity contribution >= 4 is 17.5 Å². The van der Waals surface area contributed by atoms with Crippen molar-refractivity contribution in [3.05, 3.63) is 35.4 Å². The molecule has 0 N–H and O–H groups in total. The van der Waals surface area contributed by atoms with E-state index in [1.807, 2.05) is 11.8 Å². The van der Waals surface area contributed by atoms with Crippen LogP contribution in [0.1, 0.15) is 36.3 Å². The van der Waals surface area contributed by atoms with E-state index in [2.05, 4.69) is 30.5 Å². The zero-order valence-electron chi connectivity index (χ0n) is 9.03. The van der Waals surface area contributed by atoms with Crippen LogP contribution in [0, 0.1) is 0 Å². The largest absolute Gasteiger partial charge is 0.299 e. The minimum atomic E-state index is 0.188. The monoisotopic (exact) mass is 220 g/mol. The van der Waals surface area contributed by atoms with Crippen molar-refractivity contribution in [3.63, 3.8) is 0 Å². The van der Waals surface area contributed by atoms with Crippen molar-refractivity contribution in [1.29, 1.82) is 0 Å². The second-order valence-corrected chi connectivity index (χ2v) is 4.95. The maximum Gasteiger partial charge on any atom is 0.140 e. The molecule has 80 valence electrons. The van der Waals surface area contributed by atoms with Crippen molar-refractivity contribution in [2.24, 2.45) is 0 Å². The van der Waals surface area contributed by atoms with Gasteiger partial charge in [-0.25, -0.2) is 0 Å². The van der Waals surface area contributed by atoms with Gasteiger partial charge in [0, 0.05) is 18.1 Å². The van der Waals surface area contributed by atoms with E-state index in [4.69, 9.17) is 0 Å². The summed E-state index contributed by atoms with van der Waals surface area (Å²) in [4.78, 5) is 11.6. The van der Waals surface area contributed by atoms with Gasteiger partial charge in [0.05, 0.1) is 0 Å². The van der Waals surface area contributed by atoms with E-state index in [-0.39, 0.29) is 5.92 Å². The molecule has 1 nitrogen and oxygen atoms in total. The SMILES string of the molecule is CSCc1ccc(C2CCCC2=O)cc1. The average Bonchev–Trinajstić information content (AvgIpc) is 2.66. The topological polar surface area (TPSA) is 17.1 Å². The highest BCUT2D eigenvalue weighted by Crippen LogP contribution is 2.31. The smallest absolute Gasteiger partial charge is 0.140 e. The maximum absolute atomic E-state index is 11.6.